The van der Waals surface area contributed by atoms with Crippen molar-refractivity contribution in [2.24, 2.45) is 0 Å². The smallest absolute Gasteiger partial charge is 0.320 e. The van der Waals surface area contributed by atoms with Gasteiger partial charge in [-0.1, -0.05) is 0 Å². The molecule has 1 N–H and O–H groups in total. The van der Waals surface area contributed by atoms with Crippen LogP contribution in [-0.2, 0) is 11.3 Å². The van der Waals surface area contributed by atoms with E-state index in [0.29, 0.717) is 13.0 Å². The van der Waals surface area contributed by atoms with Crippen LogP contribution in [0.25, 0.3) is 10.6 Å². The predicted molar refractivity (Wildman–Crippen MR) is 84.7 cm³/mol. The number of carboxylic acid groups (broad SMARTS) is 1. The standard InChI is InChI=1S/C16H16N2O4S/c19-16(20)12-2-1-5-18(12)7-11-8-23-15(17-11)10-3-4-13-14(6-10)22-9-21-13/h3-4,6,8,12H,1-2,5,7,9H2,(H,19,20)/t12-/m0/s1. The molecule has 1 saturated heterocycles. The van der Waals surface area contributed by atoms with Gasteiger partial charge in [0.1, 0.15) is 11.0 Å². The molecule has 6 nitrogen and oxygen atoms in total. The Hall–Kier alpha value is -2.12. The molecule has 1 aromatic heterocycles. The van der Waals surface area contributed by atoms with Crippen molar-refractivity contribution in [3.8, 4) is 22.1 Å². The number of hydrogen-bond donors (Lipinski definition) is 1. The summed E-state index contributed by atoms with van der Waals surface area (Å²) >= 11 is 1.56. The lowest BCUT2D eigenvalue weighted by molar-refractivity contribution is -0.142. The highest BCUT2D eigenvalue weighted by atomic mass is 32.1. The maximum Gasteiger partial charge on any atom is 0.320 e. The van der Waals surface area contributed by atoms with Crippen molar-refractivity contribution in [2.75, 3.05) is 13.3 Å². The van der Waals surface area contributed by atoms with Gasteiger partial charge in [-0.15, -0.1) is 11.3 Å². The number of fused-ring (bicyclic) bond motifs is 1. The summed E-state index contributed by atoms with van der Waals surface area (Å²) in [5.41, 5.74) is 1.90. The fourth-order valence-corrected chi connectivity index (χ4v) is 3.85. The lowest BCUT2D eigenvalue weighted by Crippen LogP contribution is -2.35. The summed E-state index contributed by atoms with van der Waals surface area (Å²) in [7, 11) is 0. The van der Waals surface area contributed by atoms with Gasteiger partial charge >= 0.3 is 5.97 Å². The van der Waals surface area contributed by atoms with E-state index in [0.717, 1.165) is 40.7 Å². The third-order valence-corrected chi connectivity index (χ3v) is 5.13. The number of aromatic nitrogens is 1. The number of carboxylic acids is 1. The molecule has 0 bridgehead atoms. The van der Waals surface area contributed by atoms with E-state index in [9.17, 15) is 9.90 Å². The van der Waals surface area contributed by atoms with E-state index in [1.165, 1.54) is 0 Å². The summed E-state index contributed by atoms with van der Waals surface area (Å²) in [4.78, 5) is 17.9. The lowest BCUT2D eigenvalue weighted by atomic mass is 10.2. The zero-order chi connectivity index (χ0) is 15.8. The van der Waals surface area contributed by atoms with E-state index < -0.39 is 5.97 Å². The fraction of sp³-hybridized carbons (Fsp3) is 0.375. The van der Waals surface area contributed by atoms with Gasteiger partial charge in [-0.3, -0.25) is 9.69 Å². The second-order valence-corrected chi connectivity index (χ2v) is 6.54. The molecule has 23 heavy (non-hydrogen) atoms. The van der Waals surface area contributed by atoms with Gasteiger partial charge in [-0.05, 0) is 37.6 Å². The summed E-state index contributed by atoms with van der Waals surface area (Å²) in [6, 6.07) is 5.40. The summed E-state index contributed by atoms with van der Waals surface area (Å²) in [5, 5.41) is 12.2. The molecular weight excluding hydrogens is 316 g/mol. The van der Waals surface area contributed by atoms with Crippen molar-refractivity contribution in [3.63, 3.8) is 0 Å². The average molecular weight is 332 g/mol. The molecule has 2 aromatic rings. The Bertz CT molecular complexity index is 745. The van der Waals surface area contributed by atoms with Crippen molar-refractivity contribution in [1.82, 2.24) is 9.88 Å². The van der Waals surface area contributed by atoms with Crippen LogP contribution in [0.15, 0.2) is 23.6 Å². The maximum absolute atomic E-state index is 11.3. The first-order valence-electron chi connectivity index (χ1n) is 7.52. The molecule has 0 unspecified atom stereocenters. The molecule has 0 amide bonds. The van der Waals surface area contributed by atoms with Crippen molar-refractivity contribution >= 4 is 17.3 Å². The number of ether oxygens (including phenoxy) is 2. The monoisotopic (exact) mass is 332 g/mol. The molecule has 0 spiro atoms. The Labute approximate surface area is 137 Å². The van der Waals surface area contributed by atoms with Gasteiger partial charge in [0.25, 0.3) is 0 Å². The Morgan fingerprint density at radius 3 is 3.13 bits per heavy atom. The number of aliphatic carboxylic acids is 1. The Balaban J connectivity index is 1.52. The molecule has 2 aliphatic heterocycles. The van der Waals surface area contributed by atoms with Gasteiger partial charge < -0.3 is 14.6 Å². The second-order valence-electron chi connectivity index (χ2n) is 5.68. The Morgan fingerprint density at radius 2 is 2.26 bits per heavy atom. The van der Waals surface area contributed by atoms with Gasteiger partial charge in [0.05, 0.1) is 5.69 Å². The molecule has 7 heteroatoms. The molecular formula is C16H16N2O4S. The van der Waals surface area contributed by atoms with E-state index in [4.69, 9.17) is 9.47 Å². The first kappa shape index (κ1) is 14.5. The van der Waals surface area contributed by atoms with Crippen LogP contribution < -0.4 is 9.47 Å². The highest BCUT2D eigenvalue weighted by Gasteiger charge is 2.30. The lowest BCUT2D eigenvalue weighted by Gasteiger charge is -2.19. The van der Waals surface area contributed by atoms with E-state index in [1.54, 1.807) is 11.3 Å². The highest BCUT2D eigenvalue weighted by molar-refractivity contribution is 7.13. The minimum atomic E-state index is -0.742. The Kier molecular flexibility index (Phi) is 3.66. The number of benzene rings is 1. The Morgan fingerprint density at radius 1 is 1.39 bits per heavy atom. The summed E-state index contributed by atoms with van der Waals surface area (Å²) < 4.78 is 10.7. The van der Waals surface area contributed by atoms with Crippen molar-refractivity contribution < 1.29 is 19.4 Å². The SMILES string of the molecule is O=C(O)[C@@H]1CCCN1Cc1csc(-c2ccc3c(c2)OCO3)n1. The summed E-state index contributed by atoms with van der Waals surface area (Å²) in [6.45, 7) is 1.65. The summed E-state index contributed by atoms with van der Waals surface area (Å²) in [5.74, 6) is 0.755. The van der Waals surface area contributed by atoms with Crippen LogP contribution in [0.1, 0.15) is 18.5 Å². The number of rotatable bonds is 4. The molecule has 1 aromatic carbocycles. The van der Waals surface area contributed by atoms with Crippen molar-refractivity contribution in [3.05, 3.63) is 29.3 Å². The third-order valence-electron chi connectivity index (χ3n) is 4.19. The molecule has 3 heterocycles. The van der Waals surface area contributed by atoms with E-state index in [1.807, 2.05) is 28.5 Å². The number of carbonyl (C=O) groups is 1. The largest absolute Gasteiger partial charge is 0.480 e. The maximum atomic E-state index is 11.3. The minimum absolute atomic E-state index is 0.257. The van der Waals surface area contributed by atoms with Crippen LogP contribution in [0, 0.1) is 0 Å². The van der Waals surface area contributed by atoms with Crippen LogP contribution in [0.3, 0.4) is 0 Å². The molecule has 1 fully saturated rings. The first-order valence-corrected chi connectivity index (χ1v) is 8.40. The number of thiazole rings is 1. The molecule has 0 radical (unpaired) electrons. The number of nitrogens with zero attached hydrogens (tertiary/aromatic N) is 2. The van der Waals surface area contributed by atoms with Crippen LogP contribution in [0.2, 0.25) is 0 Å². The van der Waals surface area contributed by atoms with Gasteiger partial charge in [0.2, 0.25) is 6.79 Å². The highest BCUT2D eigenvalue weighted by Crippen LogP contribution is 2.36. The van der Waals surface area contributed by atoms with E-state index >= 15 is 0 Å². The third kappa shape index (κ3) is 2.77. The van der Waals surface area contributed by atoms with Gasteiger partial charge in [0, 0.05) is 17.5 Å². The minimum Gasteiger partial charge on any atom is -0.480 e. The molecule has 1 atom stereocenters. The molecule has 2 aliphatic rings. The number of hydrogen-bond acceptors (Lipinski definition) is 6. The zero-order valence-electron chi connectivity index (χ0n) is 12.4. The number of likely N-dealkylation sites (tertiary alicyclic amines) is 1. The van der Waals surface area contributed by atoms with Crippen molar-refractivity contribution in [1.29, 1.82) is 0 Å². The van der Waals surface area contributed by atoms with E-state index in [-0.39, 0.29) is 12.8 Å². The van der Waals surface area contributed by atoms with Crippen LogP contribution in [-0.4, -0.2) is 40.3 Å². The average Bonchev–Trinajstić information content (AvgIpc) is 3.26. The zero-order valence-corrected chi connectivity index (χ0v) is 13.2. The molecule has 4 rings (SSSR count). The summed E-state index contributed by atoms with van der Waals surface area (Å²) in [6.07, 6.45) is 1.64. The van der Waals surface area contributed by atoms with Crippen LogP contribution >= 0.6 is 11.3 Å². The topological polar surface area (TPSA) is 71.9 Å². The van der Waals surface area contributed by atoms with E-state index in [2.05, 4.69) is 4.98 Å². The fourth-order valence-electron chi connectivity index (χ4n) is 3.04. The van der Waals surface area contributed by atoms with Crippen LogP contribution in [0.4, 0.5) is 0 Å². The quantitative estimate of drug-likeness (QED) is 0.928. The predicted octanol–water partition coefficient (Wildman–Crippen LogP) is 2.59. The van der Waals surface area contributed by atoms with Gasteiger partial charge in [-0.2, -0.15) is 0 Å². The van der Waals surface area contributed by atoms with Crippen LogP contribution in [0.5, 0.6) is 11.5 Å². The molecule has 0 aliphatic carbocycles. The van der Waals surface area contributed by atoms with Gasteiger partial charge in [-0.25, -0.2) is 4.98 Å². The second kappa shape index (κ2) is 5.82. The van der Waals surface area contributed by atoms with Gasteiger partial charge in [0.15, 0.2) is 11.5 Å². The first-order chi connectivity index (χ1) is 11.2. The normalized spacial score (nSPS) is 20.1. The molecule has 120 valence electrons. The molecule has 0 saturated carbocycles. The van der Waals surface area contributed by atoms with Crippen molar-refractivity contribution in [2.45, 2.75) is 25.4 Å².